The van der Waals surface area contributed by atoms with Crippen molar-refractivity contribution in [3.63, 3.8) is 0 Å². The molecule has 2 aromatic carbocycles. The van der Waals surface area contributed by atoms with Crippen LogP contribution in [-0.2, 0) is 0 Å². The topological polar surface area (TPSA) is 49.7 Å². The summed E-state index contributed by atoms with van der Waals surface area (Å²) in [6.07, 6.45) is 0. The van der Waals surface area contributed by atoms with Crippen LogP contribution in [0.15, 0.2) is 36.4 Å². The molecule has 0 heterocycles. The lowest BCUT2D eigenvalue weighted by atomic mass is 10.3. The fraction of sp³-hybridized carbons (Fsp3) is 0. The standard InChI is InChI=1S/C12H8Cl2O3/c13-7-1-3-9(15)11(5-7)17-12-6-8(14)2-4-10(12)16/h1-6,15-16H. The van der Waals surface area contributed by atoms with E-state index < -0.39 is 0 Å². The second-order valence-corrected chi connectivity index (χ2v) is 4.20. The normalized spacial score (nSPS) is 10.2. The number of hydrogen-bond acceptors (Lipinski definition) is 3. The molecule has 2 aromatic rings. The van der Waals surface area contributed by atoms with Crippen molar-refractivity contribution in [3.8, 4) is 23.0 Å². The predicted molar refractivity (Wildman–Crippen MR) is 66.3 cm³/mol. The Morgan fingerprint density at radius 3 is 1.59 bits per heavy atom. The highest BCUT2D eigenvalue weighted by atomic mass is 35.5. The van der Waals surface area contributed by atoms with Gasteiger partial charge in [-0.25, -0.2) is 0 Å². The van der Waals surface area contributed by atoms with Crippen LogP contribution < -0.4 is 4.74 Å². The Morgan fingerprint density at radius 2 is 1.18 bits per heavy atom. The van der Waals surface area contributed by atoms with Gasteiger partial charge in [-0.15, -0.1) is 0 Å². The Labute approximate surface area is 108 Å². The largest absolute Gasteiger partial charge is 0.504 e. The van der Waals surface area contributed by atoms with E-state index in [9.17, 15) is 10.2 Å². The van der Waals surface area contributed by atoms with E-state index in [0.717, 1.165) is 0 Å². The van der Waals surface area contributed by atoms with Gasteiger partial charge in [-0.2, -0.15) is 0 Å². The average Bonchev–Trinajstić information content (AvgIpc) is 2.28. The van der Waals surface area contributed by atoms with E-state index in [2.05, 4.69) is 0 Å². The van der Waals surface area contributed by atoms with Crippen molar-refractivity contribution in [3.05, 3.63) is 46.4 Å². The maximum Gasteiger partial charge on any atom is 0.170 e. The summed E-state index contributed by atoms with van der Waals surface area (Å²) in [5.74, 6) is 0.146. The number of rotatable bonds is 2. The molecule has 0 fully saturated rings. The smallest absolute Gasteiger partial charge is 0.170 e. The van der Waals surface area contributed by atoms with Gasteiger partial charge in [-0.05, 0) is 24.3 Å². The molecule has 0 aliphatic carbocycles. The molecule has 0 saturated heterocycles. The number of benzene rings is 2. The van der Waals surface area contributed by atoms with Crippen molar-refractivity contribution < 1.29 is 14.9 Å². The summed E-state index contributed by atoms with van der Waals surface area (Å²) >= 11 is 11.5. The van der Waals surface area contributed by atoms with Crippen molar-refractivity contribution in [1.82, 2.24) is 0 Å². The highest BCUT2D eigenvalue weighted by molar-refractivity contribution is 6.31. The minimum Gasteiger partial charge on any atom is -0.504 e. The minimum absolute atomic E-state index is 0.0752. The molecule has 0 bridgehead atoms. The number of halogens is 2. The number of phenols is 2. The van der Waals surface area contributed by atoms with Gasteiger partial charge in [-0.3, -0.25) is 0 Å². The van der Waals surface area contributed by atoms with Gasteiger partial charge < -0.3 is 14.9 Å². The van der Waals surface area contributed by atoms with Gasteiger partial charge in [0.05, 0.1) is 0 Å². The molecule has 88 valence electrons. The van der Waals surface area contributed by atoms with Gasteiger partial charge in [0, 0.05) is 22.2 Å². The summed E-state index contributed by atoms with van der Waals surface area (Å²) < 4.78 is 5.33. The molecule has 3 nitrogen and oxygen atoms in total. The van der Waals surface area contributed by atoms with Crippen LogP contribution in [0.5, 0.6) is 23.0 Å². The van der Waals surface area contributed by atoms with E-state index in [0.29, 0.717) is 10.0 Å². The van der Waals surface area contributed by atoms with Crippen molar-refractivity contribution in [2.24, 2.45) is 0 Å². The Morgan fingerprint density at radius 1 is 0.765 bits per heavy atom. The number of ether oxygens (including phenoxy) is 1. The third-order valence-electron chi connectivity index (χ3n) is 2.06. The highest BCUT2D eigenvalue weighted by Crippen LogP contribution is 2.37. The van der Waals surface area contributed by atoms with Crippen LogP contribution in [0.1, 0.15) is 0 Å². The molecule has 0 spiro atoms. The van der Waals surface area contributed by atoms with E-state index in [4.69, 9.17) is 27.9 Å². The van der Waals surface area contributed by atoms with E-state index in [1.54, 1.807) is 0 Å². The average molecular weight is 271 g/mol. The number of hydrogen-bond donors (Lipinski definition) is 2. The van der Waals surface area contributed by atoms with E-state index in [1.165, 1.54) is 36.4 Å². The third kappa shape index (κ3) is 2.75. The zero-order chi connectivity index (χ0) is 12.4. The second kappa shape index (κ2) is 4.73. The lowest BCUT2D eigenvalue weighted by Gasteiger charge is -2.09. The molecule has 0 atom stereocenters. The fourth-order valence-corrected chi connectivity index (χ4v) is 1.58. The van der Waals surface area contributed by atoms with E-state index >= 15 is 0 Å². The van der Waals surface area contributed by atoms with Gasteiger partial charge in [0.15, 0.2) is 23.0 Å². The summed E-state index contributed by atoms with van der Waals surface area (Å²) in [5.41, 5.74) is 0. The molecule has 0 unspecified atom stereocenters. The lowest BCUT2D eigenvalue weighted by Crippen LogP contribution is -1.86. The summed E-state index contributed by atoms with van der Waals surface area (Å²) in [4.78, 5) is 0. The Kier molecular flexibility index (Phi) is 3.31. The third-order valence-corrected chi connectivity index (χ3v) is 2.53. The molecular weight excluding hydrogens is 263 g/mol. The zero-order valence-corrected chi connectivity index (χ0v) is 10.0. The SMILES string of the molecule is Oc1ccc(Cl)cc1Oc1cc(Cl)ccc1O. The van der Waals surface area contributed by atoms with Gasteiger partial charge in [0.1, 0.15) is 0 Å². The Hall–Kier alpha value is -1.58. The summed E-state index contributed by atoms with van der Waals surface area (Å²) in [5, 5.41) is 19.9. The lowest BCUT2D eigenvalue weighted by molar-refractivity contribution is 0.385. The van der Waals surface area contributed by atoms with E-state index in [1.807, 2.05) is 0 Å². The summed E-state index contributed by atoms with van der Waals surface area (Å²) in [6.45, 7) is 0. The number of aromatic hydroxyl groups is 2. The monoisotopic (exact) mass is 270 g/mol. The van der Waals surface area contributed by atoms with Crippen molar-refractivity contribution in [2.75, 3.05) is 0 Å². The first-order chi connectivity index (χ1) is 8.06. The molecule has 0 aliphatic rings. The second-order valence-electron chi connectivity index (χ2n) is 3.33. The van der Waals surface area contributed by atoms with Crippen LogP contribution in [0.3, 0.4) is 0 Å². The van der Waals surface area contributed by atoms with Crippen LogP contribution in [0.25, 0.3) is 0 Å². The van der Waals surface area contributed by atoms with Crippen molar-refractivity contribution in [2.45, 2.75) is 0 Å². The van der Waals surface area contributed by atoms with Gasteiger partial charge >= 0.3 is 0 Å². The molecule has 0 amide bonds. The summed E-state index contributed by atoms with van der Waals surface area (Å²) in [7, 11) is 0. The first-order valence-corrected chi connectivity index (χ1v) is 5.47. The first kappa shape index (κ1) is 11.9. The van der Waals surface area contributed by atoms with Gasteiger partial charge in [0.25, 0.3) is 0 Å². The first-order valence-electron chi connectivity index (χ1n) is 4.71. The van der Waals surface area contributed by atoms with Crippen LogP contribution in [0.4, 0.5) is 0 Å². The molecule has 5 heteroatoms. The van der Waals surface area contributed by atoms with Crippen molar-refractivity contribution >= 4 is 23.2 Å². The molecule has 0 aromatic heterocycles. The maximum atomic E-state index is 9.56. The van der Waals surface area contributed by atoms with E-state index in [-0.39, 0.29) is 23.0 Å². The molecular formula is C12H8Cl2O3. The Bertz CT molecular complexity index is 506. The van der Waals surface area contributed by atoms with Crippen LogP contribution in [0, 0.1) is 0 Å². The highest BCUT2D eigenvalue weighted by Gasteiger charge is 2.09. The summed E-state index contributed by atoms with van der Waals surface area (Å²) in [6, 6.07) is 8.75. The quantitative estimate of drug-likeness (QED) is 0.860. The minimum atomic E-state index is -0.0752. The maximum absolute atomic E-state index is 9.56. The zero-order valence-electron chi connectivity index (χ0n) is 8.52. The van der Waals surface area contributed by atoms with Crippen LogP contribution in [-0.4, -0.2) is 10.2 Å². The van der Waals surface area contributed by atoms with Crippen molar-refractivity contribution in [1.29, 1.82) is 0 Å². The van der Waals surface area contributed by atoms with Gasteiger partial charge in [0.2, 0.25) is 0 Å². The molecule has 2 rings (SSSR count). The predicted octanol–water partition coefficient (Wildman–Crippen LogP) is 4.20. The number of phenolic OH excluding ortho intramolecular Hbond substituents is 2. The molecule has 0 radical (unpaired) electrons. The van der Waals surface area contributed by atoms with Crippen LogP contribution >= 0.6 is 23.2 Å². The Balaban J connectivity index is 2.37. The fourth-order valence-electron chi connectivity index (χ4n) is 1.26. The molecule has 17 heavy (non-hydrogen) atoms. The van der Waals surface area contributed by atoms with Gasteiger partial charge in [-0.1, -0.05) is 23.2 Å². The van der Waals surface area contributed by atoms with Crippen LogP contribution in [0.2, 0.25) is 10.0 Å². The molecule has 2 N–H and O–H groups in total. The molecule has 0 saturated carbocycles. The molecule has 0 aliphatic heterocycles.